The zero-order chi connectivity index (χ0) is 16.4. The minimum Gasteiger partial charge on any atom is -0.299 e. The molecule has 1 aromatic carbocycles. The minimum absolute atomic E-state index is 0.599. The van der Waals surface area contributed by atoms with Gasteiger partial charge in [-0.05, 0) is 37.4 Å². The van der Waals surface area contributed by atoms with E-state index in [1.165, 1.54) is 12.8 Å². The van der Waals surface area contributed by atoms with E-state index in [2.05, 4.69) is 26.0 Å². The van der Waals surface area contributed by atoms with Crippen LogP contribution in [0.15, 0.2) is 43.1 Å². The summed E-state index contributed by atoms with van der Waals surface area (Å²) in [5.41, 5.74) is 2.15. The first-order valence-electron chi connectivity index (χ1n) is 8.36. The van der Waals surface area contributed by atoms with Gasteiger partial charge in [-0.15, -0.1) is 0 Å². The molecule has 1 aliphatic rings. The van der Waals surface area contributed by atoms with Gasteiger partial charge in [0.05, 0.1) is 5.52 Å². The molecule has 0 unspecified atom stereocenters. The molecule has 1 fully saturated rings. The summed E-state index contributed by atoms with van der Waals surface area (Å²) >= 11 is 6.48. The number of piperidine rings is 1. The number of hydrogen-bond donors (Lipinski definition) is 0. The van der Waals surface area contributed by atoms with Crippen LogP contribution in [-0.4, -0.2) is 37.7 Å². The lowest BCUT2D eigenvalue weighted by atomic mass is 9.97. The van der Waals surface area contributed by atoms with Crippen molar-refractivity contribution in [3.63, 3.8) is 0 Å². The molecule has 0 spiro atoms. The molecule has 3 heterocycles. The molecule has 1 atom stereocenters. The third-order valence-corrected chi connectivity index (χ3v) is 5.07. The second-order valence-electron chi connectivity index (χ2n) is 6.46. The fraction of sp³-hybridized carbons (Fsp3) is 0.389. The Morgan fingerprint density at radius 3 is 3.08 bits per heavy atom. The third-order valence-electron chi connectivity index (χ3n) is 4.72. The van der Waals surface area contributed by atoms with Crippen molar-refractivity contribution in [2.24, 2.45) is 5.92 Å². The Morgan fingerprint density at radius 2 is 2.21 bits per heavy atom. The van der Waals surface area contributed by atoms with Crippen molar-refractivity contribution in [2.45, 2.75) is 25.9 Å². The van der Waals surface area contributed by atoms with Crippen LogP contribution in [0.4, 0.5) is 0 Å². The van der Waals surface area contributed by atoms with Crippen LogP contribution in [0.5, 0.6) is 0 Å². The molecular weight excluding hydrogens is 322 g/mol. The van der Waals surface area contributed by atoms with Crippen LogP contribution in [0.1, 0.15) is 18.4 Å². The highest BCUT2D eigenvalue weighted by atomic mass is 35.5. The zero-order valence-corrected chi connectivity index (χ0v) is 14.2. The van der Waals surface area contributed by atoms with Crippen LogP contribution >= 0.6 is 11.6 Å². The molecule has 6 heteroatoms. The minimum atomic E-state index is 0.599. The third kappa shape index (κ3) is 3.28. The first-order valence-corrected chi connectivity index (χ1v) is 8.74. The number of rotatable bonds is 4. The molecule has 5 nitrogen and oxygen atoms in total. The van der Waals surface area contributed by atoms with Gasteiger partial charge in [0, 0.05) is 41.8 Å². The quantitative estimate of drug-likeness (QED) is 0.729. The van der Waals surface area contributed by atoms with Crippen molar-refractivity contribution in [3.8, 4) is 0 Å². The first kappa shape index (κ1) is 15.5. The number of hydrogen-bond acceptors (Lipinski definition) is 4. The molecule has 0 radical (unpaired) electrons. The van der Waals surface area contributed by atoms with Crippen molar-refractivity contribution in [1.82, 2.24) is 24.6 Å². The summed E-state index contributed by atoms with van der Waals surface area (Å²) in [6.07, 6.45) is 7.67. The molecule has 0 amide bonds. The summed E-state index contributed by atoms with van der Waals surface area (Å²) in [6.45, 7) is 3.94. The lowest BCUT2D eigenvalue weighted by Gasteiger charge is -2.33. The Kier molecular flexibility index (Phi) is 4.45. The zero-order valence-electron chi connectivity index (χ0n) is 13.5. The molecule has 0 saturated carbocycles. The fourth-order valence-electron chi connectivity index (χ4n) is 3.59. The Labute approximate surface area is 146 Å². The highest BCUT2D eigenvalue weighted by Crippen LogP contribution is 2.28. The normalized spacial score (nSPS) is 19.0. The van der Waals surface area contributed by atoms with E-state index in [-0.39, 0.29) is 0 Å². The molecule has 24 heavy (non-hydrogen) atoms. The van der Waals surface area contributed by atoms with Gasteiger partial charge in [0.2, 0.25) is 0 Å². The van der Waals surface area contributed by atoms with Gasteiger partial charge in [-0.3, -0.25) is 14.6 Å². The van der Waals surface area contributed by atoms with Gasteiger partial charge >= 0.3 is 0 Å². The Balaban J connectivity index is 1.52. The van der Waals surface area contributed by atoms with Crippen molar-refractivity contribution in [1.29, 1.82) is 0 Å². The van der Waals surface area contributed by atoms with Crippen molar-refractivity contribution >= 4 is 22.5 Å². The van der Waals surface area contributed by atoms with Crippen LogP contribution in [0.3, 0.4) is 0 Å². The second-order valence-corrected chi connectivity index (χ2v) is 6.87. The number of benzene rings is 1. The Hall–Kier alpha value is -1.98. The molecule has 124 valence electrons. The van der Waals surface area contributed by atoms with E-state index < -0.39 is 0 Å². The van der Waals surface area contributed by atoms with E-state index in [0.29, 0.717) is 5.92 Å². The van der Waals surface area contributed by atoms with Crippen LogP contribution in [0.2, 0.25) is 5.02 Å². The van der Waals surface area contributed by atoms with Gasteiger partial charge in [0.1, 0.15) is 12.7 Å². The van der Waals surface area contributed by atoms with Gasteiger partial charge < -0.3 is 0 Å². The van der Waals surface area contributed by atoms with E-state index in [0.717, 1.165) is 47.7 Å². The SMILES string of the molecule is Clc1ccc2cccnc2c1CN1CCC[C@@H](Cn2cncn2)C1. The lowest BCUT2D eigenvalue weighted by Crippen LogP contribution is -2.36. The average molecular weight is 342 g/mol. The van der Waals surface area contributed by atoms with Gasteiger partial charge in [-0.25, -0.2) is 4.98 Å². The number of halogens is 1. The first-order chi connectivity index (χ1) is 11.8. The van der Waals surface area contributed by atoms with E-state index in [9.17, 15) is 0 Å². The summed E-state index contributed by atoms with van der Waals surface area (Å²) in [5.74, 6) is 0.599. The molecule has 0 bridgehead atoms. The molecule has 0 aliphatic carbocycles. The number of aromatic nitrogens is 4. The van der Waals surface area contributed by atoms with Crippen LogP contribution in [-0.2, 0) is 13.1 Å². The summed E-state index contributed by atoms with van der Waals surface area (Å²) in [6, 6.07) is 8.08. The molecular formula is C18H20ClN5. The summed E-state index contributed by atoms with van der Waals surface area (Å²) in [7, 11) is 0. The van der Waals surface area contributed by atoms with Gasteiger partial charge in [-0.1, -0.05) is 23.7 Å². The predicted molar refractivity (Wildman–Crippen MR) is 94.8 cm³/mol. The monoisotopic (exact) mass is 341 g/mol. The Bertz CT molecular complexity index is 817. The second kappa shape index (κ2) is 6.87. The van der Waals surface area contributed by atoms with E-state index in [4.69, 9.17) is 11.6 Å². The van der Waals surface area contributed by atoms with Crippen LogP contribution < -0.4 is 0 Å². The van der Waals surface area contributed by atoms with Crippen LogP contribution in [0.25, 0.3) is 10.9 Å². The highest BCUT2D eigenvalue weighted by Gasteiger charge is 2.22. The van der Waals surface area contributed by atoms with Gasteiger partial charge in [0.15, 0.2) is 0 Å². The summed E-state index contributed by atoms with van der Waals surface area (Å²) < 4.78 is 1.93. The summed E-state index contributed by atoms with van der Waals surface area (Å²) in [4.78, 5) is 11.1. The van der Waals surface area contributed by atoms with Crippen molar-refractivity contribution in [2.75, 3.05) is 13.1 Å². The average Bonchev–Trinajstić information content (AvgIpc) is 3.11. The number of pyridine rings is 1. The van der Waals surface area contributed by atoms with Gasteiger partial charge in [-0.2, -0.15) is 5.10 Å². The topological polar surface area (TPSA) is 46.8 Å². The predicted octanol–water partition coefficient (Wildman–Crippen LogP) is 3.39. The maximum absolute atomic E-state index is 6.48. The number of nitrogens with zero attached hydrogens (tertiary/aromatic N) is 5. The number of fused-ring (bicyclic) bond motifs is 1. The molecule has 4 rings (SSSR count). The molecule has 0 N–H and O–H groups in total. The van der Waals surface area contributed by atoms with E-state index in [1.807, 2.05) is 29.1 Å². The molecule has 2 aromatic heterocycles. The van der Waals surface area contributed by atoms with Crippen molar-refractivity contribution < 1.29 is 0 Å². The van der Waals surface area contributed by atoms with Crippen molar-refractivity contribution in [3.05, 3.63) is 53.7 Å². The standard InChI is InChI=1S/C18H20ClN5/c19-17-6-5-15-4-1-7-21-18(15)16(17)11-23-8-2-3-14(9-23)10-24-13-20-12-22-24/h1,4-7,12-14H,2-3,8-11H2/t14-/m1/s1. The summed E-state index contributed by atoms with van der Waals surface area (Å²) in [5, 5.41) is 6.18. The largest absolute Gasteiger partial charge is 0.299 e. The highest BCUT2D eigenvalue weighted by molar-refractivity contribution is 6.32. The molecule has 3 aromatic rings. The maximum Gasteiger partial charge on any atom is 0.137 e. The maximum atomic E-state index is 6.48. The smallest absolute Gasteiger partial charge is 0.137 e. The number of likely N-dealkylation sites (tertiary alicyclic amines) is 1. The molecule has 1 aliphatic heterocycles. The van der Waals surface area contributed by atoms with E-state index in [1.54, 1.807) is 12.7 Å². The van der Waals surface area contributed by atoms with Gasteiger partial charge in [0.25, 0.3) is 0 Å². The van der Waals surface area contributed by atoms with E-state index >= 15 is 0 Å². The van der Waals surface area contributed by atoms with Crippen LogP contribution in [0, 0.1) is 5.92 Å². The lowest BCUT2D eigenvalue weighted by molar-refractivity contribution is 0.153. The molecule has 1 saturated heterocycles. The fourth-order valence-corrected chi connectivity index (χ4v) is 3.80. The Morgan fingerprint density at radius 1 is 1.25 bits per heavy atom.